The highest BCUT2D eigenvalue weighted by Gasteiger charge is 2.26. The maximum atomic E-state index is 12.4. The van der Waals surface area contributed by atoms with Gasteiger partial charge in [-0.2, -0.15) is 0 Å². The van der Waals surface area contributed by atoms with Crippen LogP contribution in [0.1, 0.15) is 29.8 Å². The summed E-state index contributed by atoms with van der Waals surface area (Å²) in [6.07, 6.45) is 0. The quantitative estimate of drug-likeness (QED) is 0.706. The lowest BCUT2D eigenvalue weighted by Gasteiger charge is -2.21. The summed E-state index contributed by atoms with van der Waals surface area (Å²) in [7, 11) is 0. The topological polar surface area (TPSA) is 20.3 Å². The molecule has 0 unspecified atom stereocenters. The number of fused-ring (bicyclic) bond motifs is 3. The molecular formula is C17H17NO. The minimum atomic E-state index is 0.152. The van der Waals surface area contributed by atoms with Crippen LogP contribution in [-0.2, 0) is 0 Å². The van der Waals surface area contributed by atoms with Crippen molar-refractivity contribution in [2.75, 3.05) is 18.0 Å². The molecule has 2 nitrogen and oxygen atoms in total. The van der Waals surface area contributed by atoms with E-state index in [-0.39, 0.29) is 5.78 Å². The lowest BCUT2D eigenvalue weighted by atomic mass is 10.1. The van der Waals surface area contributed by atoms with Crippen molar-refractivity contribution in [2.45, 2.75) is 13.8 Å². The number of carbonyl (C=O) groups excluding carboxylic acids is 1. The second-order valence-corrected chi connectivity index (χ2v) is 4.78. The maximum absolute atomic E-state index is 12.4. The predicted molar refractivity (Wildman–Crippen MR) is 78.9 cm³/mol. The van der Waals surface area contributed by atoms with Gasteiger partial charge < -0.3 is 4.90 Å². The summed E-state index contributed by atoms with van der Waals surface area (Å²) in [6.45, 7) is 6.17. The van der Waals surface area contributed by atoms with Crippen LogP contribution in [-0.4, -0.2) is 18.9 Å². The SMILES string of the molecule is CCN(CC)c1ccc2c(c1)C(=O)c1ccccc1-2. The third kappa shape index (κ3) is 1.75. The van der Waals surface area contributed by atoms with Crippen LogP contribution in [0.25, 0.3) is 11.1 Å². The first-order valence-electron chi connectivity index (χ1n) is 6.79. The Morgan fingerprint density at radius 1 is 0.842 bits per heavy atom. The molecule has 0 aromatic heterocycles. The van der Waals surface area contributed by atoms with E-state index in [1.165, 1.54) is 0 Å². The van der Waals surface area contributed by atoms with Gasteiger partial charge >= 0.3 is 0 Å². The summed E-state index contributed by atoms with van der Waals surface area (Å²) in [5, 5.41) is 0. The van der Waals surface area contributed by atoms with E-state index in [1.807, 2.05) is 30.3 Å². The van der Waals surface area contributed by atoms with E-state index in [0.29, 0.717) is 0 Å². The molecule has 1 aliphatic carbocycles. The largest absolute Gasteiger partial charge is 0.372 e. The number of benzene rings is 2. The van der Waals surface area contributed by atoms with Gasteiger partial charge in [0.05, 0.1) is 0 Å². The Hall–Kier alpha value is -2.09. The molecular weight excluding hydrogens is 234 g/mol. The van der Waals surface area contributed by atoms with Gasteiger partial charge in [-0.25, -0.2) is 0 Å². The Labute approximate surface area is 113 Å². The van der Waals surface area contributed by atoms with Gasteiger partial charge in [-0.1, -0.05) is 30.3 Å². The van der Waals surface area contributed by atoms with Crippen LogP contribution in [0.2, 0.25) is 0 Å². The van der Waals surface area contributed by atoms with Crippen molar-refractivity contribution in [2.24, 2.45) is 0 Å². The Balaban J connectivity index is 2.12. The molecule has 0 saturated carbocycles. The van der Waals surface area contributed by atoms with E-state index in [9.17, 15) is 4.79 Å². The molecule has 2 heteroatoms. The summed E-state index contributed by atoms with van der Waals surface area (Å²) < 4.78 is 0. The van der Waals surface area contributed by atoms with Gasteiger partial charge in [-0.15, -0.1) is 0 Å². The summed E-state index contributed by atoms with van der Waals surface area (Å²) in [5.41, 5.74) is 4.93. The molecule has 0 amide bonds. The molecule has 0 aliphatic heterocycles. The minimum Gasteiger partial charge on any atom is -0.372 e. The average Bonchev–Trinajstić information content (AvgIpc) is 2.74. The molecule has 0 bridgehead atoms. The van der Waals surface area contributed by atoms with Gasteiger partial charge in [0, 0.05) is 29.9 Å². The lowest BCUT2D eigenvalue weighted by Crippen LogP contribution is -2.21. The van der Waals surface area contributed by atoms with Gasteiger partial charge in [0.15, 0.2) is 5.78 Å². The standard InChI is InChI=1S/C17H17NO/c1-3-18(4-2)12-9-10-14-13-7-5-6-8-15(13)17(19)16(14)11-12/h5-11H,3-4H2,1-2H3. The molecule has 0 spiro atoms. The van der Waals surface area contributed by atoms with Crippen molar-refractivity contribution in [1.29, 1.82) is 0 Å². The second kappa shape index (κ2) is 4.54. The normalized spacial score (nSPS) is 12.2. The molecule has 1 aliphatic rings. The molecule has 0 radical (unpaired) electrons. The number of nitrogens with zero attached hydrogens (tertiary/aromatic N) is 1. The zero-order valence-electron chi connectivity index (χ0n) is 11.3. The van der Waals surface area contributed by atoms with Crippen molar-refractivity contribution in [3.05, 3.63) is 53.6 Å². The van der Waals surface area contributed by atoms with Gasteiger partial charge in [0.25, 0.3) is 0 Å². The van der Waals surface area contributed by atoms with Crippen LogP contribution in [0.15, 0.2) is 42.5 Å². The zero-order chi connectivity index (χ0) is 13.4. The minimum absolute atomic E-state index is 0.152. The lowest BCUT2D eigenvalue weighted by molar-refractivity contribution is 0.104. The fourth-order valence-corrected chi connectivity index (χ4v) is 2.80. The number of ketones is 1. The molecule has 0 fully saturated rings. The van der Waals surface area contributed by atoms with Crippen LogP contribution in [0, 0.1) is 0 Å². The highest BCUT2D eigenvalue weighted by atomic mass is 16.1. The molecule has 0 heterocycles. The molecule has 96 valence electrons. The predicted octanol–water partition coefficient (Wildman–Crippen LogP) is 3.74. The van der Waals surface area contributed by atoms with Crippen molar-refractivity contribution in [1.82, 2.24) is 0 Å². The first-order valence-corrected chi connectivity index (χ1v) is 6.79. The Kier molecular flexibility index (Phi) is 2.86. The Morgan fingerprint density at radius 3 is 2.16 bits per heavy atom. The third-order valence-corrected chi connectivity index (χ3v) is 3.84. The van der Waals surface area contributed by atoms with Gasteiger partial charge in [-0.3, -0.25) is 4.79 Å². The van der Waals surface area contributed by atoms with Crippen molar-refractivity contribution < 1.29 is 4.79 Å². The van der Waals surface area contributed by atoms with E-state index >= 15 is 0 Å². The van der Waals surface area contributed by atoms with Crippen LogP contribution in [0.3, 0.4) is 0 Å². The van der Waals surface area contributed by atoms with E-state index in [1.54, 1.807) is 0 Å². The summed E-state index contributed by atoms with van der Waals surface area (Å²) >= 11 is 0. The first kappa shape index (κ1) is 12.0. The number of hydrogen-bond acceptors (Lipinski definition) is 2. The molecule has 19 heavy (non-hydrogen) atoms. The molecule has 2 aromatic rings. The average molecular weight is 251 g/mol. The van der Waals surface area contributed by atoms with E-state index in [0.717, 1.165) is 41.0 Å². The van der Waals surface area contributed by atoms with Crippen LogP contribution >= 0.6 is 0 Å². The Morgan fingerprint density at radius 2 is 1.47 bits per heavy atom. The van der Waals surface area contributed by atoms with Crippen LogP contribution < -0.4 is 4.90 Å². The monoisotopic (exact) mass is 251 g/mol. The number of hydrogen-bond donors (Lipinski definition) is 0. The van der Waals surface area contributed by atoms with Crippen molar-refractivity contribution in [3.8, 4) is 11.1 Å². The number of rotatable bonds is 3. The maximum Gasteiger partial charge on any atom is 0.194 e. The third-order valence-electron chi connectivity index (χ3n) is 3.84. The van der Waals surface area contributed by atoms with Gasteiger partial charge in [-0.05, 0) is 37.1 Å². The number of carbonyl (C=O) groups is 1. The second-order valence-electron chi connectivity index (χ2n) is 4.78. The summed E-state index contributed by atoms with van der Waals surface area (Å²) in [4.78, 5) is 14.7. The first-order chi connectivity index (χ1) is 9.26. The smallest absolute Gasteiger partial charge is 0.194 e. The molecule has 0 atom stereocenters. The fraction of sp³-hybridized carbons (Fsp3) is 0.235. The van der Waals surface area contributed by atoms with E-state index < -0.39 is 0 Å². The van der Waals surface area contributed by atoms with Crippen LogP contribution in [0.4, 0.5) is 5.69 Å². The molecule has 2 aromatic carbocycles. The molecule has 0 N–H and O–H groups in total. The molecule has 0 saturated heterocycles. The highest BCUT2D eigenvalue weighted by molar-refractivity contribution is 6.22. The fourth-order valence-electron chi connectivity index (χ4n) is 2.80. The van der Waals surface area contributed by atoms with Crippen molar-refractivity contribution >= 4 is 11.5 Å². The van der Waals surface area contributed by atoms with Crippen LogP contribution in [0.5, 0.6) is 0 Å². The Bertz CT molecular complexity index is 641. The van der Waals surface area contributed by atoms with Crippen molar-refractivity contribution in [3.63, 3.8) is 0 Å². The van der Waals surface area contributed by atoms with Gasteiger partial charge in [0.2, 0.25) is 0 Å². The summed E-state index contributed by atoms with van der Waals surface area (Å²) in [5.74, 6) is 0.152. The highest BCUT2D eigenvalue weighted by Crippen LogP contribution is 2.38. The summed E-state index contributed by atoms with van der Waals surface area (Å²) in [6, 6.07) is 14.1. The van der Waals surface area contributed by atoms with Gasteiger partial charge in [0.1, 0.15) is 0 Å². The zero-order valence-corrected chi connectivity index (χ0v) is 11.3. The molecule has 3 rings (SSSR count). The van der Waals surface area contributed by atoms with E-state index in [2.05, 4.69) is 30.9 Å². The number of anilines is 1. The van der Waals surface area contributed by atoms with E-state index in [4.69, 9.17) is 0 Å².